The summed E-state index contributed by atoms with van der Waals surface area (Å²) in [5, 5.41) is -0.390. The summed E-state index contributed by atoms with van der Waals surface area (Å²) in [7, 11) is -2.72. The predicted molar refractivity (Wildman–Crippen MR) is 70.0 cm³/mol. The molecule has 1 aromatic rings. The van der Waals surface area contributed by atoms with Crippen molar-refractivity contribution in [2.75, 3.05) is 17.6 Å². The Hall–Kier alpha value is -1.41. The first-order valence-corrected chi connectivity index (χ1v) is 7.50. The van der Waals surface area contributed by atoms with Crippen LogP contribution in [0.2, 0.25) is 5.02 Å². The van der Waals surface area contributed by atoms with Gasteiger partial charge in [0, 0.05) is 12.5 Å². The molecule has 1 rings (SSSR count). The Labute approximate surface area is 119 Å². The molecule has 1 aromatic carbocycles. The monoisotopic (exact) mass is 327 g/mol. The zero-order chi connectivity index (χ0) is 15.3. The average Bonchev–Trinajstić information content (AvgIpc) is 2.33. The molecule has 0 aromatic heterocycles. The topological polar surface area (TPSA) is 72.5 Å². The number of hydrogen-bond donors (Lipinski definition) is 1. The SMILES string of the molecule is COC(=O)CCCS(=O)(=O)Nc1c(F)cc(F)cc1Cl. The van der Waals surface area contributed by atoms with Crippen LogP contribution in [0.15, 0.2) is 12.1 Å². The van der Waals surface area contributed by atoms with Crippen LogP contribution in [0, 0.1) is 11.6 Å². The van der Waals surface area contributed by atoms with Gasteiger partial charge in [0.1, 0.15) is 11.5 Å². The first-order valence-electron chi connectivity index (χ1n) is 5.47. The maximum atomic E-state index is 13.4. The number of hydrogen-bond acceptors (Lipinski definition) is 4. The van der Waals surface area contributed by atoms with Gasteiger partial charge in [-0.1, -0.05) is 11.6 Å². The molecule has 0 aliphatic carbocycles. The normalized spacial score (nSPS) is 11.2. The Morgan fingerprint density at radius 2 is 2.05 bits per heavy atom. The summed E-state index contributed by atoms with van der Waals surface area (Å²) in [4.78, 5) is 10.8. The van der Waals surface area contributed by atoms with E-state index in [4.69, 9.17) is 11.6 Å². The van der Waals surface area contributed by atoms with E-state index in [1.807, 2.05) is 4.72 Å². The molecular formula is C11H12ClF2NO4S. The predicted octanol–water partition coefficient (Wildman–Crippen LogP) is 2.31. The van der Waals surface area contributed by atoms with Crippen molar-refractivity contribution in [1.82, 2.24) is 0 Å². The van der Waals surface area contributed by atoms with Crippen LogP contribution >= 0.6 is 11.6 Å². The van der Waals surface area contributed by atoms with E-state index < -0.39 is 39.1 Å². The molecule has 5 nitrogen and oxygen atoms in total. The molecule has 112 valence electrons. The zero-order valence-corrected chi connectivity index (χ0v) is 12.0. The molecule has 0 amide bonds. The molecule has 0 radical (unpaired) electrons. The summed E-state index contributed by atoms with van der Waals surface area (Å²) in [5.41, 5.74) is -0.522. The van der Waals surface area contributed by atoms with Crippen molar-refractivity contribution in [2.45, 2.75) is 12.8 Å². The molecule has 0 heterocycles. The smallest absolute Gasteiger partial charge is 0.305 e. The highest BCUT2D eigenvalue weighted by molar-refractivity contribution is 7.92. The van der Waals surface area contributed by atoms with Gasteiger partial charge in [-0.05, 0) is 12.5 Å². The van der Waals surface area contributed by atoms with Gasteiger partial charge < -0.3 is 4.74 Å². The van der Waals surface area contributed by atoms with E-state index in [1.54, 1.807) is 0 Å². The Morgan fingerprint density at radius 3 is 2.60 bits per heavy atom. The molecule has 0 saturated carbocycles. The first-order chi connectivity index (χ1) is 9.25. The number of anilines is 1. The number of sulfonamides is 1. The summed E-state index contributed by atoms with van der Waals surface area (Å²) in [6, 6.07) is 1.30. The molecule has 0 aliphatic heterocycles. The second-order valence-electron chi connectivity index (χ2n) is 3.85. The molecule has 1 N–H and O–H groups in total. The minimum Gasteiger partial charge on any atom is -0.469 e. The van der Waals surface area contributed by atoms with Crippen molar-refractivity contribution in [3.8, 4) is 0 Å². The highest BCUT2D eigenvalue weighted by Crippen LogP contribution is 2.27. The van der Waals surface area contributed by atoms with Gasteiger partial charge >= 0.3 is 5.97 Å². The van der Waals surface area contributed by atoms with Crippen molar-refractivity contribution >= 4 is 33.3 Å². The number of benzene rings is 1. The van der Waals surface area contributed by atoms with Crippen molar-refractivity contribution < 1.29 is 26.7 Å². The van der Waals surface area contributed by atoms with E-state index in [0.717, 1.165) is 6.07 Å². The highest BCUT2D eigenvalue weighted by Gasteiger charge is 2.17. The summed E-state index contributed by atoms with van der Waals surface area (Å²) in [6.07, 6.45) is -0.0838. The van der Waals surface area contributed by atoms with E-state index >= 15 is 0 Å². The van der Waals surface area contributed by atoms with E-state index in [1.165, 1.54) is 7.11 Å². The fourth-order valence-electron chi connectivity index (χ4n) is 1.35. The van der Waals surface area contributed by atoms with Gasteiger partial charge in [-0.15, -0.1) is 0 Å². The molecule has 9 heteroatoms. The standard InChI is InChI=1S/C11H12ClF2NO4S/c1-19-10(16)3-2-4-20(17,18)15-11-8(12)5-7(13)6-9(11)14/h5-6,15H,2-4H2,1H3. The molecule has 0 unspecified atom stereocenters. The first kappa shape index (κ1) is 16.6. The Kier molecular flexibility index (Phi) is 5.70. The molecule has 20 heavy (non-hydrogen) atoms. The van der Waals surface area contributed by atoms with Crippen LogP contribution in [0.3, 0.4) is 0 Å². The number of ether oxygens (including phenoxy) is 1. The van der Waals surface area contributed by atoms with Gasteiger partial charge in [0.05, 0.1) is 17.9 Å². The minimum atomic E-state index is -3.90. The van der Waals surface area contributed by atoms with E-state index in [9.17, 15) is 22.0 Å². The van der Waals surface area contributed by atoms with Crippen LogP contribution in [0.4, 0.5) is 14.5 Å². The molecular weight excluding hydrogens is 316 g/mol. The van der Waals surface area contributed by atoms with Crippen LogP contribution in [-0.4, -0.2) is 27.2 Å². The van der Waals surface area contributed by atoms with Crippen molar-refractivity contribution in [2.24, 2.45) is 0 Å². The Bertz CT molecular complexity index is 583. The molecule has 0 saturated heterocycles. The summed E-state index contributed by atoms with van der Waals surface area (Å²) in [5.74, 6) is -3.01. The van der Waals surface area contributed by atoms with E-state index in [-0.39, 0.29) is 17.9 Å². The van der Waals surface area contributed by atoms with Gasteiger partial charge in [-0.25, -0.2) is 17.2 Å². The second kappa shape index (κ2) is 6.85. The van der Waals surface area contributed by atoms with Gasteiger partial charge in [-0.2, -0.15) is 0 Å². The minimum absolute atomic E-state index is 0.00242. The van der Waals surface area contributed by atoms with Crippen LogP contribution in [0.1, 0.15) is 12.8 Å². The average molecular weight is 328 g/mol. The number of esters is 1. The largest absolute Gasteiger partial charge is 0.469 e. The molecule has 0 aliphatic rings. The fraction of sp³-hybridized carbons (Fsp3) is 0.364. The number of halogens is 3. The lowest BCUT2D eigenvalue weighted by Gasteiger charge is -2.10. The number of carbonyl (C=O) groups is 1. The lowest BCUT2D eigenvalue weighted by molar-refractivity contribution is -0.140. The van der Waals surface area contributed by atoms with Gasteiger partial charge in [0.25, 0.3) is 0 Å². The Balaban J connectivity index is 2.74. The molecule has 0 fully saturated rings. The lowest BCUT2D eigenvalue weighted by atomic mass is 10.3. The molecule has 0 atom stereocenters. The maximum Gasteiger partial charge on any atom is 0.305 e. The van der Waals surface area contributed by atoms with E-state index in [2.05, 4.69) is 4.74 Å². The zero-order valence-electron chi connectivity index (χ0n) is 10.5. The quantitative estimate of drug-likeness (QED) is 0.814. The third-order valence-electron chi connectivity index (χ3n) is 2.29. The third-order valence-corrected chi connectivity index (χ3v) is 3.93. The van der Waals surface area contributed by atoms with Crippen molar-refractivity contribution in [3.63, 3.8) is 0 Å². The highest BCUT2D eigenvalue weighted by atomic mass is 35.5. The maximum absolute atomic E-state index is 13.4. The van der Waals surface area contributed by atoms with Crippen LogP contribution in [0.5, 0.6) is 0 Å². The van der Waals surface area contributed by atoms with Gasteiger partial charge in [0.15, 0.2) is 5.82 Å². The number of methoxy groups -OCH3 is 1. The summed E-state index contributed by atoms with van der Waals surface area (Å²) < 4.78 is 55.9. The fourth-order valence-corrected chi connectivity index (χ4v) is 2.80. The Morgan fingerprint density at radius 1 is 1.40 bits per heavy atom. The van der Waals surface area contributed by atoms with Crippen LogP contribution < -0.4 is 4.72 Å². The van der Waals surface area contributed by atoms with Crippen molar-refractivity contribution in [1.29, 1.82) is 0 Å². The number of rotatable bonds is 6. The third kappa shape index (κ3) is 4.93. The van der Waals surface area contributed by atoms with E-state index in [0.29, 0.717) is 6.07 Å². The number of nitrogens with one attached hydrogen (secondary N) is 1. The summed E-state index contributed by atoms with van der Waals surface area (Å²) >= 11 is 5.57. The number of carbonyl (C=O) groups excluding carboxylic acids is 1. The molecule has 0 bridgehead atoms. The van der Waals surface area contributed by atoms with Gasteiger partial charge in [0.2, 0.25) is 10.0 Å². The van der Waals surface area contributed by atoms with Crippen molar-refractivity contribution in [3.05, 3.63) is 28.8 Å². The van der Waals surface area contributed by atoms with Crippen LogP contribution in [-0.2, 0) is 19.6 Å². The second-order valence-corrected chi connectivity index (χ2v) is 6.09. The van der Waals surface area contributed by atoms with Gasteiger partial charge in [-0.3, -0.25) is 9.52 Å². The van der Waals surface area contributed by atoms with Crippen LogP contribution in [0.25, 0.3) is 0 Å². The summed E-state index contributed by atoms with van der Waals surface area (Å²) in [6.45, 7) is 0. The molecule has 0 spiro atoms. The lowest BCUT2D eigenvalue weighted by Crippen LogP contribution is -2.18.